The molecular formula is C14H17BrN2O3. The van der Waals surface area contributed by atoms with Gasteiger partial charge in [0.2, 0.25) is 11.8 Å². The maximum atomic E-state index is 12.1. The average molecular weight is 341 g/mol. The zero-order chi connectivity index (χ0) is 14.8. The molecule has 0 atom stereocenters. The number of hydrogen-bond donors (Lipinski definition) is 1. The third kappa shape index (κ3) is 3.37. The fourth-order valence-electron chi connectivity index (χ4n) is 1.93. The molecule has 2 rings (SSSR count). The van der Waals surface area contributed by atoms with Crippen LogP contribution in [0.15, 0.2) is 28.7 Å². The number of carbonyl (C=O) groups excluding carboxylic acids is 2. The second-order valence-corrected chi connectivity index (χ2v) is 6.05. The Morgan fingerprint density at radius 2 is 1.95 bits per heavy atom. The van der Waals surface area contributed by atoms with Gasteiger partial charge < -0.3 is 4.74 Å². The first-order chi connectivity index (χ1) is 9.40. The summed E-state index contributed by atoms with van der Waals surface area (Å²) in [4.78, 5) is 25.1. The molecule has 0 bridgehead atoms. The zero-order valence-electron chi connectivity index (χ0n) is 11.5. The number of nitrogens with one attached hydrogen (secondary N) is 1. The fourth-order valence-corrected chi connectivity index (χ4v) is 2.19. The average Bonchev–Trinajstić information content (AvgIpc) is 2.41. The van der Waals surface area contributed by atoms with Crippen LogP contribution in [0.4, 0.5) is 0 Å². The molecule has 0 unspecified atom stereocenters. The van der Waals surface area contributed by atoms with E-state index in [9.17, 15) is 9.59 Å². The molecule has 1 fully saturated rings. The smallest absolute Gasteiger partial charge is 0.249 e. The summed E-state index contributed by atoms with van der Waals surface area (Å²) in [7, 11) is 0. The van der Waals surface area contributed by atoms with Crippen LogP contribution in [0.2, 0.25) is 0 Å². The monoisotopic (exact) mass is 340 g/mol. The second-order valence-electron chi connectivity index (χ2n) is 5.13. The van der Waals surface area contributed by atoms with E-state index in [1.54, 1.807) is 13.8 Å². The first-order valence-corrected chi connectivity index (χ1v) is 7.17. The standard InChI is InChI=1S/C14H17BrN2O3/c1-14(2)13(19)17(12(18)9-16-14)7-8-20-11-5-3-10(15)4-6-11/h3-6,16H,7-9H2,1-2H3. The van der Waals surface area contributed by atoms with Crippen molar-refractivity contribution in [1.82, 2.24) is 10.2 Å². The minimum Gasteiger partial charge on any atom is -0.492 e. The van der Waals surface area contributed by atoms with Gasteiger partial charge in [-0.05, 0) is 38.1 Å². The summed E-state index contributed by atoms with van der Waals surface area (Å²) in [5, 5.41) is 2.92. The lowest BCUT2D eigenvalue weighted by molar-refractivity contribution is -0.152. The summed E-state index contributed by atoms with van der Waals surface area (Å²) in [5.74, 6) is 0.282. The molecule has 0 spiro atoms. The minimum atomic E-state index is -0.703. The van der Waals surface area contributed by atoms with E-state index >= 15 is 0 Å². The number of imide groups is 1. The normalized spacial score (nSPS) is 18.2. The highest BCUT2D eigenvalue weighted by atomic mass is 79.9. The third-order valence-electron chi connectivity index (χ3n) is 3.16. The molecule has 1 aliphatic rings. The molecule has 0 aliphatic carbocycles. The summed E-state index contributed by atoms with van der Waals surface area (Å²) in [6.45, 7) is 4.26. The lowest BCUT2D eigenvalue weighted by atomic mass is 10.0. The Morgan fingerprint density at radius 3 is 2.60 bits per heavy atom. The van der Waals surface area contributed by atoms with Gasteiger partial charge in [-0.1, -0.05) is 15.9 Å². The van der Waals surface area contributed by atoms with Crippen molar-refractivity contribution in [1.29, 1.82) is 0 Å². The number of hydrogen-bond acceptors (Lipinski definition) is 4. The zero-order valence-corrected chi connectivity index (χ0v) is 13.1. The summed E-state index contributed by atoms with van der Waals surface area (Å²) in [5.41, 5.74) is -0.703. The van der Waals surface area contributed by atoms with E-state index in [1.165, 1.54) is 4.90 Å². The van der Waals surface area contributed by atoms with Gasteiger partial charge in [0.1, 0.15) is 12.4 Å². The Morgan fingerprint density at radius 1 is 1.30 bits per heavy atom. The minimum absolute atomic E-state index is 0.178. The predicted octanol–water partition coefficient (Wildman–Crippen LogP) is 1.56. The first kappa shape index (κ1) is 15.0. The lowest BCUT2D eigenvalue weighted by Gasteiger charge is -2.36. The van der Waals surface area contributed by atoms with Crippen LogP contribution in [0.3, 0.4) is 0 Å². The van der Waals surface area contributed by atoms with Crippen molar-refractivity contribution in [3.8, 4) is 5.75 Å². The molecule has 0 radical (unpaired) electrons. The summed E-state index contributed by atoms with van der Waals surface area (Å²) < 4.78 is 6.51. The number of carbonyl (C=O) groups is 2. The van der Waals surface area contributed by atoms with Crippen molar-refractivity contribution in [3.63, 3.8) is 0 Å². The van der Waals surface area contributed by atoms with Crippen LogP contribution in [0.5, 0.6) is 5.75 Å². The summed E-state index contributed by atoms with van der Waals surface area (Å²) >= 11 is 3.34. The topological polar surface area (TPSA) is 58.6 Å². The molecule has 1 aromatic carbocycles. The van der Waals surface area contributed by atoms with Crippen LogP contribution in [-0.4, -0.2) is 41.9 Å². The summed E-state index contributed by atoms with van der Waals surface area (Å²) in [6, 6.07) is 7.41. The van der Waals surface area contributed by atoms with E-state index < -0.39 is 5.54 Å². The van der Waals surface area contributed by atoms with E-state index in [2.05, 4.69) is 21.2 Å². The first-order valence-electron chi connectivity index (χ1n) is 6.38. The quantitative estimate of drug-likeness (QED) is 0.845. The van der Waals surface area contributed by atoms with E-state index in [0.717, 1.165) is 4.47 Å². The van der Waals surface area contributed by atoms with Crippen LogP contribution in [0.1, 0.15) is 13.8 Å². The molecule has 1 aliphatic heterocycles. The number of rotatable bonds is 4. The molecule has 20 heavy (non-hydrogen) atoms. The van der Waals surface area contributed by atoms with E-state index in [0.29, 0.717) is 5.75 Å². The number of nitrogens with zero attached hydrogens (tertiary/aromatic N) is 1. The maximum Gasteiger partial charge on any atom is 0.249 e. The van der Waals surface area contributed by atoms with E-state index in [4.69, 9.17) is 4.74 Å². The molecule has 0 aromatic heterocycles. The highest BCUT2D eigenvalue weighted by molar-refractivity contribution is 9.10. The molecule has 1 saturated heterocycles. The van der Waals surface area contributed by atoms with Gasteiger partial charge >= 0.3 is 0 Å². The van der Waals surface area contributed by atoms with Crippen LogP contribution >= 0.6 is 15.9 Å². The number of halogens is 1. The molecule has 0 saturated carbocycles. The van der Waals surface area contributed by atoms with Gasteiger partial charge in [0.25, 0.3) is 0 Å². The molecule has 108 valence electrons. The highest BCUT2D eigenvalue weighted by Crippen LogP contribution is 2.17. The SMILES string of the molecule is CC1(C)NCC(=O)N(CCOc2ccc(Br)cc2)C1=O. The molecule has 6 heteroatoms. The van der Waals surface area contributed by atoms with Crippen molar-refractivity contribution in [2.24, 2.45) is 0 Å². The van der Waals surface area contributed by atoms with Gasteiger partial charge in [-0.15, -0.1) is 0 Å². The predicted molar refractivity (Wildman–Crippen MR) is 78.4 cm³/mol. The van der Waals surface area contributed by atoms with Crippen LogP contribution in [-0.2, 0) is 9.59 Å². The maximum absolute atomic E-state index is 12.1. The number of amides is 2. The Balaban J connectivity index is 1.91. The van der Waals surface area contributed by atoms with Crippen molar-refractivity contribution in [3.05, 3.63) is 28.7 Å². The molecule has 1 N–H and O–H groups in total. The van der Waals surface area contributed by atoms with Crippen molar-refractivity contribution in [2.75, 3.05) is 19.7 Å². The molecule has 1 heterocycles. The van der Waals surface area contributed by atoms with Crippen LogP contribution < -0.4 is 10.1 Å². The molecular weight excluding hydrogens is 324 g/mol. The van der Waals surface area contributed by atoms with Gasteiger partial charge in [-0.3, -0.25) is 19.8 Å². The second kappa shape index (κ2) is 5.93. The van der Waals surface area contributed by atoms with Crippen LogP contribution in [0.25, 0.3) is 0 Å². The number of benzene rings is 1. The number of ether oxygens (including phenoxy) is 1. The van der Waals surface area contributed by atoms with Gasteiger partial charge in [-0.25, -0.2) is 0 Å². The van der Waals surface area contributed by atoms with Gasteiger partial charge in [-0.2, -0.15) is 0 Å². The Labute approximate surface area is 126 Å². The fraction of sp³-hybridized carbons (Fsp3) is 0.429. The molecule has 1 aromatic rings. The van der Waals surface area contributed by atoms with E-state index in [-0.39, 0.29) is 31.5 Å². The van der Waals surface area contributed by atoms with E-state index in [1.807, 2.05) is 24.3 Å². The van der Waals surface area contributed by atoms with Gasteiger partial charge in [0.15, 0.2) is 0 Å². The van der Waals surface area contributed by atoms with Gasteiger partial charge in [0.05, 0.1) is 18.6 Å². The summed E-state index contributed by atoms with van der Waals surface area (Å²) in [6.07, 6.45) is 0. The molecule has 5 nitrogen and oxygen atoms in total. The Hall–Kier alpha value is -1.40. The highest BCUT2D eigenvalue weighted by Gasteiger charge is 2.39. The largest absolute Gasteiger partial charge is 0.492 e. The number of piperazine rings is 1. The van der Waals surface area contributed by atoms with Crippen molar-refractivity contribution < 1.29 is 14.3 Å². The van der Waals surface area contributed by atoms with Crippen LogP contribution in [0, 0.1) is 0 Å². The van der Waals surface area contributed by atoms with Gasteiger partial charge in [0, 0.05) is 4.47 Å². The van der Waals surface area contributed by atoms with Crippen molar-refractivity contribution >= 4 is 27.7 Å². The van der Waals surface area contributed by atoms with Crippen molar-refractivity contribution in [2.45, 2.75) is 19.4 Å². The third-order valence-corrected chi connectivity index (χ3v) is 3.69. The Bertz CT molecular complexity index is 514. The molecule has 2 amide bonds. The Kier molecular flexibility index (Phi) is 4.45. The lowest BCUT2D eigenvalue weighted by Crippen LogP contribution is -2.64.